The summed E-state index contributed by atoms with van der Waals surface area (Å²) in [6, 6.07) is 52.6. The van der Waals surface area contributed by atoms with Crippen LogP contribution in [0.15, 0.2) is 156 Å². The number of hydrogen-bond donors (Lipinski definition) is 0. The molecule has 238 valence electrons. The van der Waals surface area contributed by atoms with Crippen molar-refractivity contribution in [3.05, 3.63) is 184 Å². The maximum absolute atomic E-state index is 14.8. The molecule has 1 aliphatic carbocycles. The van der Waals surface area contributed by atoms with Gasteiger partial charge in [0.2, 0.25) is 0 Å². The number of pyridine rings is 1. The Kier molecular flexibility index (Phi) is 7.14. The van der Waals surface area contributed by atoms with E-state index in [1.165, 1.54) is 5.56 Å². The molecule has 2 aromatic heterocycles. The number of hydrogen-bond acceptors (Lipinski definition) is 3. The lowest BCUT2D eigenvalue weighted by atomic mass is 9.68. The van der Waals surface area contributed by atoms with Crippen LogP contribution in [0.4, 0.5) is 0 Å². The molecule has 4 heteroatoms. The third kappa shape index (κ3) is 4.66. The van der Waals surface area contributed by atoms with E-state index < -0.39 is 5.41 Å². The molecule has 0 saturated heterocycles. The van der Waals surface area contributed by atoms with Crippen molar-refractivity contribution in [2.45, 2.75) is 31.1 Å². The molecule has 9 rings (SSSR count). The van der Waals surface area contributed by atoms with Gasteiger partial charge in [-0.25, -0.2) is 4.98 Å². The lowest BCUT2D eigenvalue weighted by Gasteiger charge is -2.34. The molecule has 8 aromatic rings. The smallest absolute Gasteiger partial charge is 0.264 e. The monoisotopic (exact) mass is 643 g/mol. The number of fused-ring (bicyclic) bond motifs is 4. The third-order valence-corrected chi connectivity index (χ3v) is 10.7. The van der Waals surface area contributed by atoms with Crippen molar-refractivity contribution in [1.82, 2.24) is 9.38 Å². The second-order valence-electron chi connectivity index (χ2n) is 13.3. The lowest BCUT2D eigenvalue weighted by Crippen LogP contribution is -2.30. The van der Waals surface area contributed by atoms with Crippen LogP contribution in [0.1, 0.15) is 35.4 Å². The Balaban J connectivity index is 1.29. The van der Waals surface area contributed by atoms with Crippen LogP contribution in [0.3, 0.4) is 0 Å². The zero-order valence-electron chi connectivity index (χ0n) is 27.5. The van der Waals surface area contributed by atoms with Gasteiger partial charge in [0.25, 0.3) is 5.56 Å². The van der Waals surface area contributed by atoms with Gasteiger partial charge >= 0.3 is 0 Å². The maximum Gasteiger partial charge on any atom is 0.264 e. The molecule has 0 fully saturated rings. The zero-order chi connectivity index (χ0) is 33.7. The molecule has 2 heterocycles. The van der Waals surface area contributed by atoms with Crippen molar-refractivity contribution in [3.63, 3.8) is 0 Å². The third-order valence-electron chi connectivity index (χ3n) is 10.7. The summed E-state index contributed by atoms with van der Waals surface area (Å²) >= 11 is 0. The molecular formula is C46H33N3O. The summed E-state index contributed by atoms with van der Waals surface area (Å²) < 4.78 is 1.83. The maximum atomic E-state index is 14.8. The van der Waals surface area contributed by atoms with Crippen LogP contribution in [0.2, 0.25) is 0 Å². The predicted molar refractivity (Wildman–Crippen MR) is 203 cm³/mol. The second kappa shape index (κ2) is 12.0. The highest BCUT2D eigenvalue weighted by Gasteiger charge is 2.39. The Labute approximate surface area is 290 Å². The number of rotatable bonds is 6. The quantitative estimate of drug-likeness (QED) is 0.181. The van der Waals surface area contributed by atoms with Gasteiger partial charge in [-0.2, -0.15) is 5.26 Å². The molecule has 1 atom stereocenters. The van der Waals surface area contributed by atoms with Gasteiger partial charge in [-0.3, -0.25) is 9.20 Å². The lowest BCUT2D eigenvalue weighted by molar-refractivity contribution is 0.439. The van der Waals surface area contributed by atoms with E-state index in [9.17, 15) is 10.1 Å². The van der Waals surface area contributed by atoms with E-state index >= 15 is 0 Å². The Bertz CT molecular complexity index is 2610. The van der Waals surface area contributed by atoms with Gasteiger partial charge in [-0.15, -0.1) is 0 Å². The second-order valence-corrected chi connectivity index (χ2v) is 13.3. The van der Waals surface area contributed by atoms with Gasteiger partial charge in [0.15, 0.2) is 0 Å². The fourth-order valence-electron chi connectivity index (χ4n) is 8.27. The van der Waals surface area contributed by atoms with Gasteiger partial charge in [0, 0.05) is 27.1 Å². The summed E-state index contributed by atoms with van der Waals surface area (Å²) in [5, 5.41) is 14.4. The highest BCUT2D eigenvalue weighted by molar-refractivity contribution is 6.22. The Morgan fingerprint density at radius 2 is 1.26 bits per heavy atom. The molecule has 0 amide bonds. The van der Waals surface area contributed by atoms with Crippen molar-refractivity contribution in [2.24, 2.45) is 0 Å². The van der Waals surface area contributed by atoms with Crippen LogP contribution in [0.25, 0.3) is 55.5 Å². The van der Waals surface area contributed by atoms with Crippen LogP contribution in [-0.2, 0) is 18.3 Å². The molecule has 0 spiro atoms. The number of allylic oxidation sites excluding steroid dienone is 1. The van der Waals surface area contributed by atoms with Gasteiger partial charge in [0.05, 0.1) is 17.5 Å². The topological polar surface area (TPSA) is 58.2 Å². The number of nitrogens with zero attached hydrogens (tertiary/aromatic N) is 3. The molecule has 0 bridgehead atoms. The summed E-state index contributed by atoms with van der Waals surface area (Å²) in [7, 11) is 0. The van der Waals surface area contributed by atoms with Gasteiger partial charge in [-0.05, 0) is 82.7 Å². The first-order valence-electron chi connectivity index (χ1n) is 17.3. The molecule has 4 nitrogen and oxygen atoms in total. The van der Waals surface area contributed by atoms with E-state index in [2.05, 4.69) is 121 Å². The summed E-state index contributed by atoms with van der Waals surface area (Å²) in [5.74, 6) is 0. The molecule has 6 aromatic carbocycles. The molecule has 1 unspecified atom stereocenters. The van der Waals surface area contributed by atoms with Crippen LogP contribution in [-0.4, -0.2) is 9.38 Å². The van der Waals surface area contributed by atoms with Crippen LogP contribution >= 0.6 is 0 Å². The normalized spacial score (nSPS) is 15.9. The van der Waals surface area contributed by atoms with E-state index in [-0.39, 0.29) is 5.56 Å². The molecule has 0 aliphatic heterocycles. The fourth-order valence-corrected chi connectivity index (χ4v) is 8.27. The fraction of sp³-hybridized carbons (Fsp3) is 0.109. The Hall–Kier alpha value is -6.31. The zero-order valence-corrected chi connectivity index (χ0v) is 27.5. The largest absolute Gasteiger partial charge is 0.268 e. The molecule has 0 radical (unpaired) electrons. The highest BCUT2D eigenvalue weighted by atomic mass is 16.1. The first kappa shape index (κ1) is 29.8. The van der Waals surface area contributed by atoms with E-state index in [1.807, 2.05) is 40.8 Å². The van der Waals surface area contributed by atoms with Crippen molar-refractivity contribution < 1.29 is 0 Å². The van der Waals surface area contributed by atoms with E-state index in [0.717, 1.165) is 62.5 Å². The van der Waals surface area contributed by atoms with E-state index in [0.29, 0.717) is 35.1 Å². The number of imidazole rings is 1. The number of benzene rings is 6. The highest BCUT2D eigenvalue weighted by Crippen LogP contribution is 2.46. The SMILES string of the molecule is N#CC1=Cc2nc3c4ccc(-c5ccccc5)c5c(-c6ccccc6)ccc(c(=O)n3c2CCC1(CCc1ccccc1)c1ccccc1)c54. The van der Waals surface area contributed by atoms with E-state index in [1.54, 1.807) is 0 Å². The first-order valence-corrected chi connectivity index (χ1v) is 17.3. The van der Waals surface area contributed by atoms with Crippen molar-refractivity contribution in [2.75, 3.05) is 0 Å². The van der Waals surface area contributed by atoms with Crippen LogP contribution in [0.5, 0.6) is 0 Å². The van der Waals surface area contributed by atoms with E-state index in [4.69, 9.17) is 4.98 Å². The minimum absolute atomic E-state index is 0.0699. The summed E-state index contributed by atoms with van der Waals surface area (Å²) in [6.45, 7) is 0. The number of aryl methyl sites for hydroxylation is 2. The standard InChI is InChI=1S/C46H33N3O/c47-30-35-29-40-41(26-28-46(35,34-19-11-4-12-20-34)27-25-31-13-5-1-6-14-31)49-44(48-40)38-23-21-36(32-15-7-2-8-16-32)42-37(33-17-9-3-10-18-33)22-24-39(43(38)42)45(49)50/h1-24,29H,25-28H2. The molecular weight excluding hydrogens is 611 g/mol. The number of aromatic nitrogens is 2. The van der Waals surface area contributed by atoms with Crippen molar-refractivity contribution in [3.8, 4) is 28.3 Å². The van der Waals surface area contributed by atoms with Gasteiger partial charge < -0.3 is 0 Å². The van der Waals surface area contributed by atoms with Crippen LogP contribution < -0.4 is 5.56 Å². The number of nitriles is 1. The molecule has 50 heavy (non-hydrogen) atoms. The first-order chi connectivity index (χ1) is 24.7. The minimum Gasteiger partial charge on any atom is -0.268 e. The van der Waals surface area contributed by atoms with Gasteiger partial charge in [-0.1, -0.05) is 133 Å². The van der Waals surface area contributed by atoms with Crippen molar-refractivity contribution in [1.29, 1.82) is 5.26 Å². The molecule has 0 N–H and O–H groups in total. The minimum atomic E-state index is -0.516. The Morgan fingerprint density at radius 3 is 1.88 bits per heavy atom. The summed E-state index contributed by atoms with van der Waals surface area (Å²) in [5.41, 5.74) is 9.04. The van der Waals surface area contributed by atoms with Crippen LogP contribution in [0, 0.1) is 11.3 Å². The summed E-state index contributed by atoms with van der Waals surface area (Å²) in [6.07, 6.45) is 4.88. The average Bonchev–Trinajstić information content (AvgIpc) is 3.47. The molecule has 1 aliphatic rings. The Morgan fingerprint density at radius 1 is 0.680 bits per heavy atom. The van der Waals surface area contributed by atoms with Gasteiger partial charge in [0.1, 0.15) is 5.65 Å². The molecule has 0 saturated carbocycles. The average molecular weight is 644 g/mol. The predicted octanol–water partition coefficient (Wildman–Crippen LogP) is 10.2. The summed E-state index contributed by atoms with van der Waals surface area (Å²) in [4.78, 5) is 20.0. The van der Waals surface area contributed by atoms with Crippen molar-refractivity contribution >= 4 is 33.3 Å².